The summed E-state index contributed by atoms with van der Waals surface area (Å²) in [4.78, 5) is 29.9. The number of carbonyl (C=O) groups is 2. The lowest BCUT2D eigenvalue weighted by Gasteiger charge is -2.31. The van der Waals surface area contributed by atoms with Crippen LogP contribution in [0.2, 0.25) is 0 Å². The van der Waals surface area contributed by atoms with Crippen molar-refractivity contribution in [2.24, 2.45) is 7.05 Å². The molecule has 1 aromatic heterocycles. The van der Waals surface area contributed by atoms with E-state index in [0.717, 1.165) is 18.8 Å². The fraction of sp³-hybridized carbons (Fsp3) is 0.583. The molecule has 102 valence electrons. The van der Waals surface area contributed by atoms with E-state index in [1.165, 1.54) is 4.90 Å². The second-order valence-corrected chi connectivity index (χ2v) is 5.15. The molecule has 0 aliphatic carbocycles. The van der Waals surface area contributed by atoms with Crippen LogP contribution in [0.1, 0.15) is 18.5 Å². The average molecular weight is 263 g/mol. The molecule has 1 spiro atoms. The van der Waals surface area contributed by atoms with Gasteiger partial charge in [-0.15, -0.1) is 0 Å². The number of imidazole rings is 1. The molecular formula is C12H17N5O2. The van der Waals surface area contributed by atoms with Gasteiger partial charge in [0, 0.05) is 13.2 Å². The fourth-order valence-corrected chi connectivity index (χ4v) is 2.71. The molecule has 3 rings (SSSR count). The van der Waals surface area contributed by atoms with Crippen molar-refractivity contribution in [1.82, 2.24) is 25.1 Å². The lowest BCUT2D eigenvalue weighted by Crippen LogP contribution is -2.53. The zero-order valence-corrected chi connectivity index (χ0v) is 10.8. The summed E-state index contributed by atoms with van der Waals surface area (Å²) in [5.74, 6) is -0.111. The van der Waals surface area contributed by atoms with Gasteiger partial charge in [-0.2, -0.15) is 0 Å². The van der Waals surface area contributed by atoms with Crippen molar-refractivity contribution in [3.05, 3.63) is 18.2 Å². The smallest absolute Gasteiger partial charge is 0.325 e. The lowest BCUT2D eigenvalue weighted by molar-refractivity contribution is -0.132. The van der Waals surface area contributed by atoms with Gasteiger partial charge in [0.1, 0.15) is 5.54 Å². The van der Waals surface area contributed by atoms with Crippen molar-refractivity contribution in [1.29, 1.82) is 0 Å². The van der Waals surface area contributed by atoms with Gasteiger partial charge in [0.05, 0.1) is 18.6 Å². The molecule has 2 aliphatic rings. The Bertz CT molecular complexity index is 518. The molecule has 0 atom stereocenters. The minimum atomic E-state index is -0.694. The highest BCUT2D eigenvalue weighted by Gasteiger charge is 2.51. The molecule has 1 aromatic rings. The molecule has 3 heterocycles. The normalized spacial score (nSPS) is 22.1. The van der Waals surface area contributed by atoms with E-state index in [2.05, 4.69) is 15.6 Å². The Labute approximate surface area is 111 Å². The van der Waals surface area contributed by atoms with Crippen LogP contribution in [0, 0.1) is 0 Å². The Morgan fingerprint density at radius 3 is 2.74 bits per heavy atom. The third kappa shape index (κ3) is 1.90. The maximum atomic E-state index is 12.5. The van der Waals surface area contributed by atoms with Crippen LogP contribution in [0.4, 0.5) is 4.79 Å². The summed E-state index contributed by atoms with van der Waals surface area (Å²) in [6, 6.07) is -0.298. The quantitative estimate of drug-likeness (QED) is 0.711. The molecule has 2 aliphatic heterocycles. The van der Waals surface area contributed by atoms with Gasteiger partial charge in [-0.3, -0.25) is 9.69 Å². The van der Waals surface area contributed by atoms with E-state index in [9.17, 15) is 9.59 Å². The van der Waals surface area contributed by atoms with Gasteiger partial charge in [0.25, 0.3) is 5.91 Å². The number of hydrogen-bond acceptors (Lipinski definition) is 4. The number of aryl methyl sites for hydroxylation is 1. The summed E-state index contributed by atoms with van der Waals surface area (Å²) in [7, 11) is 1.85. The van der Waals surface area contributed by atoms with E-state index in [4.69, 9.17) is 0 Å². The van der Waals surface area contributed by atoms with Gasteiger partial charge < -0.3 is 15.2 Å². The topological polar surface area (TPSA) is 79.3 Å². The van der Waals surface area contributed by atoms with Crippen LogP contribution in [0.15, 0.2) is 12.5 Å². The van der Waals surface area contributed by atoms with Crippen molar-refractivity contribution in [3.63, 3.8) is 0 Å². The van der Waals surface area contributed by atoms with E-state index in [1.54, 1.807) is 12.5 Å². The van der Waals surface area contributed by atoms with E-state index in [-0.39, 0.29) is 18.5 Å². The Kier molecular flexibility index (Phi) is 2.78. The number of rotatable bonds is 2. The molecule has 2 saturated heterocycles. The van der Waals surface area contributed by atoms with Crippen LogP contribution in [-0.2, 0) is 18.4 Å². The molecule has 0 unspecified atom stereocenters. The first-order chi connectivity index (χ1) is 9.12. The standard InChI is InChI=1S/C12H17N5O2/c1-16-8-14-6-9(16)7-17-10(18)12(15-11(17)19)2-4-13-5-3-12/h6,8,13H,2-5,7H2,1H3,(H,15,19). The van der Waals surface area contributed by atoms with E-state index in [0.29, 0.717) is 12.8 Å². The Balaban J connectivity index is 1.81. The van der Waals surface area contributed by atoms with E-state index < -0.39 is 5.54 Å². The molecule has 2 fully saturated rings. The highest BCUT2D eigenvalue weighted by Crippen LogP contribution is 2.27. The molecule has 7 heteroatoms. The number of urea groups is 1. The first-order valence-corrected chi connectivity index (χ1v) is 6.42. The predicted molar refractivity (Wildman–Crippen MR) is 67.1 cm³/mol. The predicted octanol–water partition coefficient (Wildman–Crippen LogP) is -0.406. The molecule has 2 N–H and O–H groups in total. The fourth-order valence-electron chi connectivity index (χ4n) is 2.71. The maximum Gasteiger partial charge on any atom is 0.325 e. The molecule has 0 radical (unpaired) electrons. The second kappa shape index (κ2) is 4.34. The third-order valence-corrected chi connectivity index (χ3v) is 3.94. The van der Waals surface area contributed by atoms with Crippen molar-refractivity contribution >= 4 is 11.9 Å². The molecular weight excluding hydrogens is 246 g/mol. The summed E-state index contributed by atoms with van der Waals surface area (Å²) < 4.78 is 1.81. The number of nitrogens with zero attached hydrogens (tertiary/aromatic N) is 3. The van der Waals surface area contributed by atoms with Crippen LogP contribution in [0.25, 0.3) is 0 Å². The number of imide groups is 1. The highest BCUT2D eigenvalue weighted by molar-refractivity contribution is 6.07. The molecule has 0 saturated carbocycles. The largest absolute Gasteiger partial charge is 0.336 e. The van der Waals surface area contributed by atoms with Gasteiger partial charge in [-0.25, -0.2) is 9.78 Å². The molecule has 19 heavy (non-hydrogen) atoms. The van der Waals surface area contributed by atoms with Gasteiger partial charge in [0.15, 0.2) is 0 Å². The molecule has 0 bridgehead atoms. The van der Waals surface area contributed by atoms with E-state index in [1.807, 2.05) is 11.6 Å². The van der Waals surface area contributed by atoms with Gasteiger partial charge in [-0.1, -0.05) is 0 Å². The number of aromatic nitrogens is 2. The first-order valence-electron chi connectivity index (χ1n) is 6.42. The Morgan fingerprint density at radius 2 is 2.11 bits per heavy atom. The van der Waals surface area contributed by atoms with Crippen molar-refractivity contribution in [3.8, 4) is 0 Å². The van der Waals surface area contributed by atoms with Gasteiger partial charge >= 0.3 is 6.03 Å². The maximum absolute atomic E-state index is 12.5. The Morgan fingerprint density at radius 1 is 1.37 bits per heavy atom. The number of piperidine rings is 1. The van der Waals surface area contributed by atoms with Gasteiger partial charge in [-0.05, 0) is 25.9 Å². The minimum absolute atomic E-state index is 0.111. The SMILES string of the molecule is Cn1cncc1CN1C(=O)NC2(CCNCC2)C1=O. The summed E-state index contributed by atoms with van der Waals surface area (Å²) >= 11 is 0. The molecule has 0 aromatic carbocycles. The van der Waals surface area contributed by atoms with Gasteiger partial charge in [0.2, 0.25) is 0 Å². The summed E-state index contributed by atoms with van der Waals surface area (Å²) in [5.41, 5.74) is 0.149. The average Bonchev–Trinajstić information content (AvgIpc) is 2.89. The first kappa shape index (κ1) is 12.2. The van der Waals surface area contributed by atoms with E-state index >= 15 is 0 Å². The van der Waals surface area contributed by atoms with Crippen LogP contribution in [-0.4, -0.2) is 45.0 Å². The monoisotopic (exact) mass is 263 g/mol. The third-order valence-electron chi connectivity index (χ3n) is 3.94. The summed E-state index contributed by atoms with van der Waals surface area (Å²) in [6.45, 7) is 1.79. The molecule has 7 nitrogen and oxygen atoms in total. The van der Waals surface area contributed by atoms with Crippen LogP contribution >= 0.6 is 0 Å². The Hall–Kier alpha value is -1.89. The zero-order valence-electron chi connectivity index (χ0n) is 10.8. The number of amides is 3. The van der Waals surface area contributed by atoms with Crippen LogP contribution in [0.5, 0.6) is 0 Å². The van der Waals surface area contributed by atoms with Crippen molar-refractivity contribution in [2.75, 3.05) is 13.1 Å². The number of carbonyl (C=O) groups excluding carboxylic acids is 2. The zero-order chi connectivity index (χ0) is 13.5. The van der Waals surface area contributed by atoms with Crippen molar-refractivity contribution in [2.45, 2.75) is 24.9 Å². The van der Waals surface area contributed by atoms with Crippen LogP contribution in [0.3, 0.4) is 0 Å². The second-order valence-electron chi connectivity index (χ2n) is 5.15. The number of nitrogens with one attached hydrogen (secondary N) is 2. The van der Waals surface area contributed by atoms with Crippen LogP contribution < -0.4 is 10.6 Å². The molecule has 3 amide bonds. The summed E-state index contributed by atoms with van der Waals surface area (Å²) in [6.07, 6.45) is 4.64. The summed E-state index contributed by atoms with van der Waals surface area (Å²) in [5, 5.41) is 6.07. The lowest BCUT2D eigenvalue weighted by atomic mass is 9.88. The minimum Gasteiger partial charge on any atom is -0.336 e. The van der Waals surface area contributed by atoms with Crippen molar-refractivity contribution < 1.29 is 9.59 Å². The highest BCUT2D eigenvalue weighted by atomic mass is 16.2. The number of hydrogen-bond donors (Lipinski definition) is 2.